The van der Waals surface area contributed by atoms with Crippen molar-refractivity contribution in [2.45, 2.75) is 19.9 Å². The maximum Gasteiger partial charge on any atom is 0.0897 e. The van der Waals surface area contributed by atoms with Gasteiger partial charge in [-0.3, -0.25) is 0 Å². The van der Waals surface area contributed by atoms with Gasteiger partial charge in [-0.05, 0) is 18.4 Å². The Balaban J connectivity index is 1.71. The lowest BCUT2D eigenvalue weighted by Gasteiger charge is -2.02. The standard InChI is InChI=1S/C11H15N3S2/c1-8-14-9(7-16-8)2-4-13-6-11-10(12)3-5-15-11/h3,5,7,13H,2,4,6,12H2,1H3. The van der Waals surface area contributed by atoms with Crippen molar-refractivity contribution >= 4 is 28.4 Å². The topological polar surface area (TPSA) is 50.9 Å². The molecule has 2 aromatic rings. The van der Waals surface area contributed by atoms with Gasteiger partial charge >= 0.3 is 0 Å². The summed E-state index contributed by atoms with van der Waals surface area (Å²) in [7, 11) is 0. The molecule has 0 aromatic carbocycles. The molecule has 5 heteroatoms. The SMILES string of the molecule is Cc1nc(CCNCc2sccc2N)cs1. The maximum atomic E-state index is 5.80. The highest BCUT2D eigenvalue weighted by atomic mass is 32.1. The molecule has 0 spiro atoms. The summed E-state index contributed by atoms with van der Waals surface area (Å²) < 4.78 is 0. The molecular formula is C11H15N3S2. The van der Waals surface area contributed by atoms with E-state index in [0.717, 1.165) is 30.2 Å². The van der Waals surface area contributed by atoms with Crippen LogP contribution in [0.2, 0.25) is 0 Å². The number of thiazole rings is 1. The monoisotopic (exact) mass is 253 g/mol. The maximum absolute atomic E-state index is 5.80. The smallest absolute Gasteiger partial charge is 0.0897 e. The van der Waals surface area contributed by atoms with Crippen molar-refractivity contribution in [1.29, 1.82) is 0 Å². The first kappa shape index (κ1) is 11.6. The molecule has 0 bridgehead atoms. The van der Waals surface area contributed by atoms with Gasteiger partial charge < -0.3 is 11.1 Å². The molecule has 0 fully saturated rings. The zero-order chi connectivity index (χ0) is 11.4. The lowest BCUT2D eigenvalue weighted by Crippen LogP contribution is -2.16. The zero-order valence-corrected chi connectivity index (χ0v) is 10.8. The van der Waals surface area contributed by atoms with E-state index in [0.29, 0.717) is 0 Å². The molecule has 0 saturated heterocycles. The van der Waals surface area contributed by atoms with Gasteiger partial charge in [-0.15, -0.1) is 22.7 Å². The number of hydrogen-bond acceptors (Lipinski definition) is 5. The lowest BCUT2D eigenvalue weighted by molar-refractivity contribution is 0.688. The van der Waals surface area contributed by atoms with Crippen molar-refractivity contribution in [2.75, 3.05) is 12.3 Å². The van der Waals surface area contributed by atoms with Crippen LogP contribution in [0.15, 0.2) is 16.8 Å². The number of hydrogen-bond donors (Lipinski definition) is 2. The summed E-state index contributed by atoms with van der Waals surface area (Å²) in [5.74, 6) is 0. The molecule has 2 heterocycles. The summed E-state index contributed by atoms with van der Waals surface area (Å²) in [6.45, 7) is 3.83. The number of nitrogen functional groups attached to an aromatic ring is 1. The van der Waals surface area contributed by atoms with Gasteiger partial charge in [-0.2, -0.15) is 0 Å². The first-order chi connectivity index (χ1) is 7.75. The normalized spacial score (nSPS) is 10.8. The minimum Gasteiger partial charge on any atom is -0.398 e. The molecule has 3 nitrogen and oxygen atoms in total. The van der Waals surface area contributed by atoms with Gasteiger partial charge in [0.05, 0.1) is 10.7 Å². The molecule has 0 aliphatic carbocycles. The van der Waals surface area contributed by atoms with Gasteiger partial charge in [0, 0.05) is 35.5 Å². The summed E-state index contributed by atoms with van der Waals surface area (Å²) in [4.78, 5) is 5.64. The lowest BCUT2D eigenvalue weighted by atomic mass is 10.3. The Morgan fingerprint density at radius 2 is 2.31 bits per heavy atom. The highest BCUT2D eigenvalue weighted by molar-refractivity contribution is 7.10. The van der Waals surface area contributed by atoms with Crippen LogP contribution in [-0.4, -0.2) is 11.5 Å². The van der Waals surface area contributed by atoms with Crippen LogP contribution >= 0.6 is 22.7 Å². The van der Waals surface area contributed by atoms with E-state index < -0.39 is 0 Å². The fraction of sp³-hybridized carbons (Fsp3) is 0.364. The average Bonchev–Trinajstić information content (AvgIpc) is 2.83. The third-order valence-electron chi connectivity index (χ3n) is 2.29. The number of anilines is 1. The van der Waals surface area contributed by atoms with Crippen LogP contribution in [0.1, 0.15) is 15.6 Å². The Kier molecular flexibility index (Phi) is 3.93. The van der Waals surface area contributed by atoms with Gasteiger partial charge in [-0.1, -0.05) is 0 Å². The number of nitrogens with zero attached hydrogens (tertiary/aromatic N) is 1. The number of aromatic nitrogens is 1. The Bertz CT molecular complexity index is 448. The molecule has 0 atom stereocenters. The largest absolute Gasteiger partial charge is 0.398 e. The first-order valence-corrected chi connectivity index (χ1v) is 6.95. The van der Waals surface area contributed by atoms with Gasteiger partial charge in [0.25, 0.3) is 0 Å². The predicted molar refractivity (Wildman–Crippen MR) is 71.0 cm³/mol. The highest BCUT2D eigenvalue weighted by Gasteiger charge is 2.01. The highest BCUT2D eigenvalue weighted by Crippen LogP contribution is 2.18. The predicted octanol–water partition coefficient (Wildman–Crippen LogP) is 2.43. The molecule has 0 amide bonds. The van der Waals surface area contributed by atoms with Crippen molar-refractivity contribution in [3.05, 3.63) is 32.4 Å². The van der Waals surface area contributed by atoms with E-state index in [9.17, 15) is 0 Å². The van der Waals surface area contributed by atoms with E-state index in [1.54, 1.807) is 22.7 Å². The van der Waals surface area contributed by atoms with E-state index in [-0.39, 0.29) is 0 Å². The van der Waals surface area contributed by atoms with Crippen molar-refractivity contribution in [2.24, 2.45) is 0 Å². The second-order valence-electron chi connectivity index (χ2n) is 3.58. The second kappa shape index (κ2) is 5.43. The molecule has 0 unspecified atom stereocenters. The van der Waals surface area contributed by atoms with Crippen LogP contribution in [0.3, 0.4) is 0 Å². The van der Waals surface area contributed by atoms with Gasteiger partial charge in [0.15, 0.2) is 0 Å². The van der Waals surface area contributed by atoms with Crippen molar-refractivity contribution in [3.63, 3.8) is 0 Å². The first-order valence-electron chi connectivity index (χ1n) is 5.19. The van der Waals surface area contributed by atoms with E-state index in [1.165, 1.54) is 10.6 Å². The van der Waals surface area contributed by atoms with Crippen LogP contribution in [0.4, 0.5) is 5.69 Å². The van der Waals surface area contributed by atoms with E-state index in [1.807, 2.05) is 18.4 Å². The van der Waals surface area contributed by atoms with Crippen LogP contribution in [0.5, 0.6) is 0 Å². The number of rotatable bonds is 5. The van der Waals surface area contributed by atoms with Crippen LogP contribution in [0.25, 0.3) is 0 Å². The van der Waals surface area contributed by atoms with Crippen molar-refractivity contribution in [3.8, 4) is 0 Å². The van der Waals surface area contributed by atoms with Crippen LogP contribution in [-0.2, 0) is 13.0 Å². The number of aryl methyl sites for hydroxylation is 1. The molecule has 0 aliphatic rings. The Morgan fingerprint density at radius 3 is 2.94 bits per heavy atom. The Labute approximate surface area is 103 Å². The minimum absolute atomic E-state index is 0.854. The molecule has 0 aliphatic heterocycles. The van der Waals surface area contributed by atoms with E-state index in [2.05, 4.69) is 15.7 Å². The molecule has 3 N–H and O–H groups in total. The quantitative estimate of drug-likeness (QED) is 0.805. The summed E-state index contributed by atoms with van der Waals surface area (Å²) in [5, 5.41) is 8.66. The third kappa shape index (κ3) is 3.04. The molecule has 2 rings (SSSR count). The summed E-state index contributed by atoms with van der Waals surface area (Å²) >= 11 is 3.40. The molecule has 0 radical (unpaired) electrons. The Hall–Kier alpha value is -0.910. The minimum atomic E-state index is 0.854. The Morgan fingerprint density at radius 1 is 1.44 bits per heavy atom. The van der Waals surface area contributed by atoms with Gasteiger partial charge in [-0.25, -0.2) is 4.98 Å². The molecule has 86 valence electrons. The number of nitrogens with one attached hydrogen (secondary N) is 1. The second-order valence-corrected chi connectivity index (χ2v) is 5.65. The third-order valence-corrected chi connectivity index (χ3v) is 4.05. The fourth-order valence-electron chi connectivity index (χ4n) is 1.44. The summed E-state index contributed by atoms with van der Waals surface area (Å²) in [6.07, 6.45) is 0.982. The van der Waals surface area contributed by atoms with E-state index >= 15 is 0 Å². The van der Waals surface area contributed by atoms with Crippen LogP contribution < -0.4 is 11.1 Å². The van der Waals surface area contributed by atoms with Gasteiger partial charge in [0.2, 0.25) is 0 Å². The molecule has 0 saturated carbocycles. The van der Waals surface area contributed by atoms with Crippen LogP contribution in [0, 0.1) is 6.92 Å². The zero-order valence-electron chi connectivity index (χ0n) is 9.19. The number of nitrogens with two attached hydrogens (primary N) is 1. The average molecular weight is 253 g/mol. The van der Waals surface area contributed by atoms with Crippen molar-refractivity contribution in [1.82, 2.24) is 10.3 Å². The van der Waals surface area contributed by atoms with E-state index in [4.69, 9.17) is 5.73 Å². The van der Waals surface area contributed by atoms with Crippen molar-refractivity contribution < 1.29 is 0 Å². The van der Waals surface area contributed by atoms with Gasteiger partial charge in [0.1, 0.15) is 0 Å². The molecule has 2 aromatic heterocycles. The molecular weight excluding hydrogens is 238 g/mol. The summed E-state index contributed by atoms with van der Waals surface area (Å²) in [6, 6.07) is 1.95. The fourth-order valence-corrected chi connectivity index (χ4v) is 2.85. The summed E-state index contributed by atoms with van der Waals surface area (Å²) in [5.41, 5.74) is 7.86. The molecule has 16 heavy (non-hydrogen) atoms. The number of thiophene rings is 1.